The van der Waals surface area contributed by atoms with Gasteiger partial charge in [0, 0.05) is 0 Å². The maximum absolute atomic E-state index is 5.82. The third kappa shape index (κ3) is 6.88. The average Bonchev–Trinajstić information content (AvgIpc) is 2.67. The van der Waals surface area contributed by atoms with Crippen LogP contribution in [0.3, 0.4) is 0 Å². The maximum atomic E-state index is 5.82. The van der Waals surface area contributed by atoms with Gasteiger partial charge in [0.15, 0.2) is 0 Å². The summed E-state index contributed by atoms with van der Waals surface area (Å²) in [5, 5.41) is 0. The second-order valence-corrected chi connectivity index (χ2v) is 7.71. The van der Waals surface area contributed by atoms with Crippen LogP contribution in [0, 0.1) is 11.8 Å². The van der Waals surface area contributed by atoms with Gasteiger partial charge in [-0.25, -0.2) is 0 Å². The number of hydrogen-bond donors (Lipinski definition) is 0. The van der Waals surface area contributed by atoms with E-state index in [2.05, 4.69) is 51.1 Å². The van der Waals surface area contributed by atoms with Crippen LogP contribution in [-0.4, -0.2) is 6.61 Å². The van der Waals surface area contributed by atoms with Crippen molar-refractivity contribution >= 4 is 5.57 Å². The highest BCUT2D eigenvalue weighted by Crippen LogP contribution is 2.34. The molecule has 0 heterocycles. The Morgan fingerprint density at radius 1 is 1.04 bits per heavy atom. The molecule has 140 valence electrons. The van der Waals surface area contributed by atoms with E-state index in [0.717, 1.165) is 30.6 Å². The van der Waals surface area contributed by atoms with Gasteiger partial charge in [0.05, 0.1) is 6.61 Å². The first-order valence-corrected chi connectivity index (χ1v) is 10.7. The summed E-state index contributed by atoms with van der Waals surface area (Å²) in [5.74, 6) is 2.86. The minimum absolute atomic E-state index is 0.841. The van der Waals surface area contributed by atoms with Gasteiger partial charge in [-0.3, -0.25) is 0 Å². The molecule has 0 spiro atoms. The van der Waals surface area contributed by atoms with Gasteiger partial charge in [0.1, 0.15) is 5.75 Å². The van der Waals surface area contributed by atoms with Crippen LogP contribution in [0.5, 0.6) is 5.75 Å². The van der Waals surface area contributed by atoms with Crippen LogP contribution in [0.1, 0.15) is 90.5 Å². The smallest absolute Gasteiger partial charge is 0.119 e. The number of unbranched alkanes of at least 4 members (excludes halogenated alkanes) is 2. The molecule has 0 fully saturated rings. The van der Waals surface area contributed by atoms with Crippen molar-refractivity contribution in [3.05, 3.63) is 35.9 Å². The minimum atomic E-state index is 0.841. The van der Waals surface area contributed by atoms with Crippen molar-refractivity contribution in [1.29, 1.82) is 0 Å². The van der Waals surface area contributed by atoms with Crippen molar-refractivity contribution in [2.24, 2.45) is 11.8 Å². The molecule has 1 atom stereocenters. The van der Waals surface area contributed by atoms with Gasteiger partial charge in [0.2, 0.25) is 0 Å². The monoisotopic (exact) mass is 342 g/mol. The van der Waals surface area contributed by atoms with Gasteiger partial charge in [-0.15, -0.1) is 0 Å². The van der Waals surface area contributed by atoms with E-state index >= 15 is 0 Å². The van der Waals surface area contributed by atoms with E-state index in [4.69, 9.17) is 4.74 Å². The lowest BCUT2D eigenvalue weighted by atomic mass is 9.82. The molecule has 1 aliphatic carbocycles. The third-order valence-corrected chi connectivity index (χ3v) is 5.90. The molecule has 0 saturated heterocycles. The predicted molar refractivity (Wildman–Crippen MR) is 110 cm³/mol. The molecule has 0 aromatic heterocycles. The Morgan fingerprint density at radius 2 is 1.80 bits per heavy atom. The van der Waals surface area contributed by atoms with Crippen molar-refractivity contribution in [1.82, 2.24) is 0 Å². The van der Waals surface area contributed by atoms with Crippen molar-refractivity contribution in [2.45, 2.75) is 85.0 Å². The van der Waals surface area contributed by atoms with E-state index in [0.29, 0.717) is 0 Å². The van der Waals surface area contributed by atoms with Gasteiger partial charge in [-0.1, -0.05) is 71.1 Å². The summed E-state index contributed by atoms with van der Waals surface area (Å²) in [5.41, 5.74) is 2.93. The lowest BCUT2D eigenvalue weighted by Gasteiger charge is -2.24. The molecule has 0 bridgehead atoms. The van der Waals surface area contributed by atoms with E-state index in [1.54, 1.807) is 0 Å². The second-order valence-electron chi connectivity index (χ2n) is 7.71. The molecule has 0 aliphatic heterocycles. The van der Waals surface area contributed by atoms with Crippen LogP contribution in [0.4, 0.5) is 0 Å². The first-order chi connectivity index (χ1) is 12.3. The largest absolute Gasteiger partial charge is 0.494 e. The van der Waals surface area contributed by atoms with E-state index in [9.17, 15) is 0 Å². The van der Waals surface area contributed by atoms with E-state index in [1.165, 1.54) is 68.9 Å². The third-order valence-electron chi connectivity index (χ3n) is 5.90. The van der Waals surface area contributed by atoms with E-state index in [1.807, 2.05) is 0 Å². The average molecular weight is 343 g/mol. The number of allylic oxidation sites excluding steroid dienone is 2. The van der Waals surface area contributed by atoms with Crippen molar-refractivity contribution in [3.8, 4) is 5.75 Å². The topological polar surface area (TPSA) is 9.23 Å². The van der Waals surface area contributed by atoms with Gasteiger partial charge in [-0.2, -0.15) is 0 Å². The molecule has 0 N–H and O–H groups in total. The standard InChI is InChI=1S/C24H38O/c1-4-7-8-19-25-24-17-15-23(16-18-24)22-13-11-21(12-14-22)10-9-20(5-2)6-3/h13,15-18,20-21H,4-12,14,19H2,1-3H3. The SMILES string of the molecule is CCCCCOc1ccc(C2=CCC(CCC(CC)CC)CC2)cc1. The number of ether oxygens (including phenoxy) is 1. The Bertz CT molecular complexity index is 495. The Balaban J connectivity index is 1.78. The Morgan fingerprint density at radius 3 is 2.40 bits per heavy atom. The van der Waals surface area contributed by atoms with Gasteiger partial charge in [0.25, 0.3) is 0 Å². The molecule has 25 heavy (non-hydrogen) atoms. The number of hydrogen-bond acceptors (Lipinski definition) is 1. The highest BCUT2D eigenvalue weighted by molar-refractivity contribution is 5.66. The fourth-order valence-electron chi connectivity index (χ4n) is 3.89. The maximum Gasteiger partial charge on any atom is 0.119 e. The molecule has 2 rings (SSSR count). The van der Waals surface area contributed by atoms with Crippen LogP contribution in [0.2, 0.25) is 0 Å². The quantitative estimate of drug-likeness (QED) is 0.375. The normalized spacial score (nSPS) is 17.6. The Hall–Kier alpha value is -1.24. The number of rotatable bonds is 11. The summed E-state index contributed by atoms with van der Waals surface area (Å²) in [6.07, 6.45) is 15.6. The second kappa shape index (κ2) is 11.4. The van der Waals surface area contributed by atoms with E-state index < -0.39 is 0 Å². The molecule has 0 radical (unpaired) electrons. The molecule has 1 aliphatic rings. The number of benzene rings is 1. The molecule has 1 aromatic carbocycles. The Kier molecular flexibility index (Phi) is 9.15. The minimum Gasteiger partial charge on any atom is -0.494 e. The molecule has 1 unspecified atom stereocenters. The van der Waals surface area contributed by atoms with Crippen molar-refractivity contribution in [2.75, 3.05) is 6.61 Å². The van der Waals surface area contributed by atoms with Crippen LogP contribution in [0.25, 0.3) is 5.57 Å². The highest BCUT2D eigenvalue weighted by Gasteiger charge is 2.16. The van der Waals surface area contributed by atoms with Crippen LogP contribution < -0.4 is 4.74 Å². The first-order valence-electron chi connectivity index (χ1n) is 10.7. The first kappa shape index (κ1) is 20.1. The lowest BCUT2D eigenvalue weighted by molar-refractivity contribution is 0.306. The Labute approximate surface area is 155 Å². The zero-order valence-corrected chi connectivity index (χ0v) is 16.7. The van der Waals surface area contributed by atoms with Gasteiger partial charge in [-0.05, 0) is 67.2 Å². The van der Waals surface area contributed by atoms with E-state index in [-0.39, 0.29) is 0 Å². The summed E-state index contributed by atoms with van der Waals surface area (Å²) in [7, 11) is 0. The summed E-state index contributed by atoms with van der Waals surface area (Å²) >= 11 is 0. The summed E-state index contributed by atoms with van der Waals surface area (Å²) < 4.78 is 5.82. The molecule has 1 aromatic rings. The molecular formula is C24H38O. The molecule has 1 nitrogen and oxygen atoms in total. The van der Waals surface area contributed by atoms with Crippen LogP contribution in [0.15, 0.2) is 30.3 Å². The summed E-state index contributed by atoms with van der Waals surface area (Å²) in [4.78, 5) is 0. The van der Waals surface area contributed by atoms with Crippen molar-refractivity contribution < 1.29 is 4.74 Å². The van der Waals surface area contributed by atoms with Crippen LogP contribution >= 0.6 is 0 Å². The molecule has 0 saturated carbocycles. The summed E-state index contributed by atoms with van der Waals surface area (Å²) in [6, 6.07) is 8.76. The van der Waals surface area contributed by atoms with Gasteiger partial charge >= 0.3 is 0 Å². The fraction of sp³-hybridized carbons (Fsp3) is 0.667. The molecule has 1 heteroatoms. The lowest BCUT2D eigenvalue weighted by Crippen LogP contribution is -2.08. The van der Waals surface area contributed by atoms with Crippen LogP contribution in [-0.2, 0) is 0 Å². The summed E-state index contributed by atoms with van der Waals surface area (Å²) in [6.45, 7) is 7.74. The highest BCUT2D eigenvalue weighted by atomic mass is 16.5. The van der Waals surface area contributed by atoms with Crippen molar-refractivity contribution in [3.63, 3.8) is 0 Å². The fourth-order valence-corrected chi connectivity index (χ4v) is 3.89. The molecular weight excluding hydrogens is 304 g/mol. The van der Waals surface area contributed by atoms with Gasteiger partial charge < -0.3 is 4.74 Å². The predicted octanol–water partition coefficient (Wildman–Crippen LogP) is 7.66. The zero-order valence-electron chi connectivity index (χ0n) is 16.7. The zero-order chi connectivity index (χ0) is 17.9. The molecule has 0 amide bonds.